The fourth-order valence-electron chi connectivity index (χ4n) is 7.12. The minimum Gasteiger partial charge on any atom is -0.491 e. The van der Waals surface area contributed by atoms with Gasteiger partial charge in [-0.15, -0.1) is 0 Å². The lowest BCUT2D eigenvalue weighted by atomic mass is 9.63. The molecule has 1 fully saturated rings. The Hall–Kier alpha value is -3.67. The predicted octanol–water partition coefficient (Wildman–Crippen LogP) is 5.51. The van der Waals surface area contributed by atoms with Gasteiger partial charge < -0.3 is 15.2 Å². The van der Waals surface area contributed by atoms with Gasteiger partial charge in [0.05, 0.1) is 34.1 Å². The molecule has 0 bridgehead atoms. The number of hydrogen-bond donors (Lipinski definition) is 2. The average Bonchev–Trinajstić information content (AvgIpc) is 3.63. The SMILES string of the molecule is CCC1(CC)C(=O)C(C)=c2nc3ccc(Nc4ccc(C(=O)O)c5c4OCC5)cc3cc2=C1C1CCCC1. The Morgan fingerprint density at radius 2 is 1.89 bits per heavy atom. The maximum Gasteiger partial charge on any atom is 0.336 e. The zero-order valence-electron chi connectivity index (χ0n) is 22.3. The number of carboxylic acids is 1. The molecular formula is C32H34N2O4. The molecule has 1 aromatic heterocycles. The van der Waals surface area contributed by atoms with Crippen LogP contribution in [0.2, 0.25) is 0 Å². The number of nitrogens with zero attached hydrogens (tertiary/aromatic N) is 1. The highest BCUT2D eigenvalue weighted by molar-refractivity contribution is 6.21. The van der Waals surface area contributed by atoms with Crippen LogP contribution in [0.25, 0.3) is 22.0 Å². The normalized spacial score (nSPS) is 18.4. The zero-order chi connectivity index (χ0) is 26.6. The van der Waals surface area contributed by atoms with E-state index in [4.69, 9.17) is 9.72 Å². The van der Waals surface area contributed by atoms with Crippen LogP contribution < -0.4 is 20.6 Å². The van der Waals surface area contributed by atoms with Gasteiger partial charge in [0.15, 0.2) is 5.78 Å². The van der Waals surface area contributed by atoms with E-state index in [-0.39, 0.29) is 5.78 Å². The van der Waals surface area contributed by atoms with Gasteiger partial charge in [0.25, 0.3) is 0 Å². The van der Waals surface area contributed by atoms with Crippen LogP contribution in [0.3, 0.4) is 0 Å². The third-order valence-corrected chi connectivity index (χ3v) is 9.09. The minimum absolute atomic E-state index is 0.251. The van der Waals surface area contributed by atoms with Crippen LogP contribution >= 0.6 is 0 Å². The number of aromatic nitrogens is 1. The molecule has 1 saturated carbocycles. The van der Waals surface area contributed by atoms with Gasteiger partial charge in [-0.2, -0.15) is 0 Å². The number of aromatic carboxylic acids is 1. The summed E-state index contributed by atoms with van der Waals surface area (Å²) in [5.41, 5.74) is 5.18. The van der Waals surface area contributed by atoms with Crippen molar-refractivity contribution in [3.63, 3.8) is 0 Å². The third-order valence-electron chi connectivity index (χ3n) is 9.09. The molecule has 3 aliphatic rings. The van der Waals surface area contributed by atoms with Crippen molar-refractivity contribution in [2.45, 2.75) is 65.7 Å². The maximum atomic E-state index is 13.8. The molecule has 2 aromatic carbocycles. The number of ether oxygens (including phenoxy) is 1. The number of fused-ring (bicyclic) bond motifs is 3. The monoisotopic (exact) mass is 510 g/mol. The van der Waals surface area contributed by atoms with E-state index in [0.717, 1.165) is 69.7 Å². The van der Waals surface area contributed by atoms with Gasteiger partial charge in [0.1, 0.15) is 5.75 Å². The molecule has 6 rings (SSSR count). The van der Waals surface area contributed by atoms with E-state index in [9.17, 15) is 14.7 Å². The zero-order valence-corrected chi connectivity index (χ0v) is 22.3. The Labute approximate surface area is 222 Å². The summed E-state index contributed by atoms with van der Waals surface area (Å²) in [4.78, 5) is 30.5. The van der Waals surface area contributed by atoms with Gasteiger partial charge >= 0.3 is 5.97 Å². The lowest BCUT2D eigenvalue weighted by molar-refractivity contribution is -0.121. The molecule has 0 unspecified atom stereocenters. The molecule has 2 heterocycles. The Balaban J connectivity index is 1.52. The van der Waals surface area contributed by atoms with Gasteiger partial charge in [-0.1, -0.05) is 26.7 Å². The molecule has 38 heavy (non-hydrogen) atoms. The molecule has 0 atom stereocenters. The van der Waals surface area contributed by atoms with Crippen molar-refractivity contribution in [2.24, 2.45) is 11.3 Å². The summed E-state index contributed by atoms with van der Waals surface area (Å²) in [5.74, 6) is 0.360. The van der Waals surface area contributed by atoms with Gasteiger partial charge in [0, 0.05) is 33.8 Å². The van der Waals surface area contributed by atoms with Crippen molar-refractivity contribution >= 4 is 45.2 Å². The summed E-state index contributed by atoms with van der Waals surface area (Å²) >= 11 is 0. The third kappa shape index (κ3) is 3.64. The molecule has 0 amide bonds. The highest BCUT2D eigenvalue weighted by Gasteiger charge is 2.45. The first-order chi connectivity index (χ1) is 18.4. The molecule has 2 N–H and O–H groups in total. The number of ketones is 1. The average molecular weight is 511 g/mol. The molecular weight excluding hydrogens is 476 g/mol. The standard InChI is InChI=1S/C32H34N2O4/c1-4-32(5-2)27(19-8-6-7-9-19)24-17-20-16-21(10-12-25(20)34-28(24)18(3)30(32)35)33-26-13-11-23(31(36)37)22-14-15-38-29(22)26/h10-13,16-17,19,33H,4-9,14-15H2,1-3H3,(H,36,37). The number of carbonyl (C=O) groups is 2. The molecule has 196 valence electrons. The Morgan fingerprint density at radius 3 is 2.61 bits per heavy atom. The van der Waals surface area contributed by atoms with E-state index in [1.54, 1.807) is 12.1 Å². The van der Waals surface area contributed by atoms with Crippen LogP contribution in [-0.2, 0) is 11.2 Å². The minimum atomic E-state index is -0.935. The fourth-order valence-corrected chi connectivity index (χ4v) is 7.12. The molecule has 0 spiro atoms. The van der Waals surface area contributed by atoms with Gasteiger partial charge in [0.2, 0.25) is 0 Å². The number of rotatable bonds is 6. The summed E-state index contributed by atoms with van der Waals surface area (Å²) in [6.45, 7) is 6.73. The van der Waals surface area contributed by atoms with Crippen molar-refractivity contribution in [2.75, 3.05) is 11.9 Å². The smallest absolute Gasteiger partial charge is 0.336 e. The summed E-state index contributed by atoms with van der Waals surface area (Å²) < 4.78 is 5.82. The van der Waals surface area contributed by atoms with Crippen LogP contribution in [0.4, 0.5) is 11.4 Å². The number of Topliss-reactive ketones (excluding diaryl/α,β-unsaturated/α-hetero) is 1. The summed E-state index contributed by atoms with van der Waals surface area (Å²) in [6, 6.07) is 11.7. The molecule has 6 heteroatoms. The largest absolute Gasteiger partial charge is 0.491 e. The van der Waals surface area contributed by atoms with Crippen molar-refractivity contribution < 1.29 is 19.4 Å². The fraction of sp³-hybridized carbons (Fsp3) is 0.406. The Morgan fingerprint density at radius 1 is 1.13 bits per heavy atom. The molecule has 0 radical (unpaired) electrons. The first-order valence-electron chi connectivity index (χ1n) is 13.9. The van der Waals surface area contributed by atoms with E-state index in [1.165, 1.54) is 18.4 Å². The highest BCUT2D eigenvalue weighted by atomic mass is 16.5. The van der Waals surface area contributed by atoms with Crippen LogP contribution in [0.1, 0.15) is 75.2 Å². The summed E-state index contributed by atoms with van der Waals surface area (Å²) in [6.07, 6.45) is 6.91. The van der Waals surface area contributed by atoms with Crippen molar-refractivity contribution in [1.29, 1.82) is 0 Å². The topological polar surface area (TPSA) is 88.5 Å². The second kappa shape index (κ2) is 9.26. The highest BCUT2D eigenvalue weighted by Crippen LogP contribution is 2.48. The lowest BCUT2D eigenvalue weighted by Crippen LogP contribution is -2.49. The van der Waals surface area contributed by atoms with Gasteiger partial charge in [-0.25, -0.2) is 9.78 Å². The Kier molecular flexibility index (Phi) is 6.01. The number of nitrogens with one attached hydrogen (secondary N) is 1. The van der Waals surface area contributed by atoms with Crippen LogP contribution in [0, 0.1) is 11.3 Å². The molecule has 1 aliphatic heterocycles. The predicted molar refractivity (Wildman–Crippen MR) is 149 cm³/mol. The van der Waals surface area contributed by atoms with Crippen molar-refractivity contribution in [3.05, 3.63) is 58.1 Å². The Bertz CT molecular complexity index is 1610. The van der Waals surface area contributed by atoms with Gasteiger partial charge in [-0.3, -0.25) is 4.79 Å². The molecule has 0 saturated heterocycles. The quantitative estimate of drug-likeness (QED) is 0.455. The van der Waals surface area contributed by atoms with Crippen molar-refractivity contribution in [3.8, 4) is 5.75 Å². The number of pyridine rings is 1. The van der Waals surface area contributed by atoms with Crippen molar-refractivity contribution in [1.82, 2.24) is 4.98 Å². The first-order valence-corrected chi connectivity index (χ1v) is 13.9. The van der Waals surface area contributed by atoms with Crippen LogP contribution in [0.5, 0.6) is 5.75 Å². The number of carbonyl (C=O) groups excluding carboxylic acids is 1. The summed E-state index contributed by atoms with van der Waals surface area (Å²) in [7, 11) is 0. The number of hydrogen-bond acceptors (Lipinski definition) is 5. The van der Waals surface area contributed by atoms with Gasteiger partial charge in [-0.05, 0) is 80.5 Å². The number of anilines is 2. The summed E-state index contributed by atoms with van der Waals surface area (Å²) in [5, 5.41) is 16.0. The maximum absolute atomic E-state index is 13.8. The molecule has 6 nitrogen and oxygen atoms in total. The van der Waals surface area contributed by atoms with Crippen LogP contribution in [-0.4, -0.2) is 28.4 Å². The van der Waals surface area contributed by atoms with E-state index >= 15 is 0 Å². The van der Waals surface area contributed by atoms with E-state index in [0.29, 0.717) is 30.3 Å². The van der Waals surface area contributed by atoms with E-state index in [2.05, 4.69) is 31.3 Å². The lowest BCUT2D eigenvalue weighted by Gasteiger charge is -2.39. The second-order valence-electron chi connectivity index (χ2n) is 10.9. The van der Waals surface area contributed by atoms with E-state index < -0.39 is 11.4 Å². The van der Waals surface area contributed by atoms with E-state index in [1.807, 2.05) is 19.1 Å². The number of carboxylic acid groups (broad SMARTS) is 1. The number of benzene rings is 2. The second-order valence-corrected chi connectivity index (χ2v) is 10.9. The first kappa shape index (κ1) is 24.7. The molecule has 3 aromatic rings. The molecule has 2 aliphatic carbocycles. The van der Waals surface area contributed by atoms with Crippen LogP contribution in [0.15, 0.2) is 36.4 Å².